The summed E-state index contributed by atoms with van der Waals surface area (Å²) in [5, 5.41) is 4.02. The van der Waals surface area contributed by atoms with E-state index >= 15 is 0 Å². The van der Waals surface area contributed by atoms with E-state index in [0.29, 0.717) is 12.1 Å². The van der Waals surface area contributed by atoms with Gasteiger partial charge in [-0.1, -0.05) is 48.5 Å². The molecule has 0 fully saturated rings. The molecule has 2 amide bonds. The Labute approximate surface area is 180 Å². The predicted octanol–water partition coefficient (Wildman–Crippen LogP) is 4.91. The molecule has 1 aromatic heterocycles. The van der Waals surface area contributed by atoms with Gasteiger partial charge in [-0.2, -0.15) is 0 Å². The number of nitrogens with one attached hydrogen (secondary N) is 2. The lowest BCUT2D eigenvalue weighted by molar-refractivity contribution is -0.114. The molecule has 2 heterocycles. The zero-order valence-corrected chi connectivity index (χ0v) is 17.3. The molecule has 0 aliphatic carbocycles. The van der Waals surface area contributed by atoms with Crippen LogP contribution in [0.3, 0.4) is 0 Å². The number of aromatic amines is 1. The van der Waals surface area contributed by atoms with E-state index in [1.807, 2.05) is 65.6 Å². The first-order valence-corrected chi connectivity index (χ1v) is 10.4. The summed E-state index contributed by atoms with van der Waals surface area (Å²) in [7, 11) is 0. The number of H-pyrrole nitrogens is 1. The highest BCUT2D eigenvalue weighted by Crippen LogP contribution is 2.39. The number of rotatable bonds is 3. The van der Waals surface area contributed by atoms with Crippen molar-refractivity contribution in [3.05, 3.63) is 101 Å². The molecule has 0 radical (unpaired) electrons. The minimum atomic E-state index is -0.227. The van der Waals surface area contributed by atoms with E-state index in [1.165, 1.54) is 17.9 Å². The van der Waals surface area contributed by atoms with Crippen molar-refractivity contribution in [2.24, 2.45) is 0 Å². The van der Waals surface area contributed by atoms with Crippen LogP contribution in [-0.2, 0) is 11.2 Å². The highest BCUT2D eigenvalue weighted by Gasteiger charge is 2.34. The van der Waals surface area contributed by atoms with E-state index in [4.69, 9.17) is 0 Å². The Kier molecular flexibility index (Phi) is 4.79. The molecule has 31 heavy (non-hydrogen) atoms. The SMILES string of the molecule is CC(=O)Nc1ccc(C2c3[nH]c4ccccc4c3CCN2C(=O)c2ccccc2)cc1. The van der Waals surface area contributed by atoms with Crippen molar-refractivity contribution >= 4 is 28.4 Å². The van der Waals surface area contributed by atoms with Crippen LogP contribution >= 0.6 is 0 Å². The van der Waals surface area contributed by atoms with Crippen LogP contribution in [0.5, 0.6) is 0 Å². The molecule has 5 nitrogen and oxygen atoms in total. The number of aromatic nitrogens is 1. The fourth-order valence-corrected chi connectivity index (χ4v) is 4.50. The first kappa shape index (κ1) is 19.1. The van der Waals surface area contributed by atoms with Crippen LogP contribution in [0.15, 0.2) is 78.9 Å². The van der Waals surface area contributed by atoms with Crippen LogP contribution in [0, 0.1) is 0 Å². The monoisotopic (exact) mass is 409 g/mol. The van der Waals surface area contributed by atoms with Gasteiger partial charge in [-0.15, -0.1) is 0 Å². The van der Waals surface area contributed by atoms with Gasteiger partial charge in [0.25, 0.3) is 5.91 Å². The van der Waals surface area contributed by atoms with Crippen LogP contribution in [0.1, 0.15) is 40.1 Å². The molecule has 5 heteroatoms. The Hall–Kier alpha value is -3.86. The molecular formula is C26H23N3O2. The van der Waals surface area contributed by atoms with E-state index in [-0.39, 0.29) is 17.9 Å². The number of hydrogen-bond donors (Lipinski definition) is 2. The lowest BCUT2D eigenvalue weighted by Crippen LogP contribution is -2.40. The summed E-state index contributed by atoms with van der Waals surface area (Å²) in [5.41, 5.74) is 5.84. The largest absolute Gasteiger partial charge is 0.356 e. The van der Waals surface area contributed by atoms with Crippen molar-refractivity contribution in [3.63, 3.8) is 0 Å². The van der Waals surface area contributed by atoms with Crippen molar-refractivity contribution in [3.8, 4) is 0 Å². The molecule has 0 saturated carbocycles. The molecular weight excluding hydrogens is 386 g/mol. The smallest absolute Gasteiger partial charge is 0.254 e. The first-order valence-electron chi connectivity index (χ1n) is 10.4. The number of para-hydroxylation sites is 1. The zero-order valence-electron chi connectivity index (χ0n) is 17.3. The Morgan fingerprint density at radius 2 is 1.65 bits per heavy atom. The highest BCUT2D eigenvalue weighted by molar-refractivity contribution is 5.95. The maximum absolute atomic E-state index is 13.5. The molecule has 4 aromatic rings. The summed E-state index contributed by atoms with van der Waals surface area (Å²) >= 11 is 0. The van der Waals surface area contributed by atoms with Crippen LogP contribution < -0.4 is 5.32 Å². The highest BCUT2D eigenvalue weighted by atomic mass is 16.2. The van der Waals surface area contributed by atoms with Gasteiger partial charge >= 0.3 is 0 Å². The predicted molar refractivity (Wildman–Crippen MR) is 122 cm³/mol. The van der Waals surface area contributed by atoms with E-state index in [9.17, 15) is 9.59 Å². The van der Waals surface area contributed by atoms with Crippen LogP contribution in [0.2, 0.25) is 0 Å². The number of anilines is 1. The van der Waals surface area contributed by atoms with Crippen molar-refractivity contribution in [2.45, 2.75) is 19.4 Å². The maximum atomic E-state index is 13.5. The summed E-state index contributed by atoms with van der Waals surface area (Å²) in [4.78, 5) is 30.4. The van der Waals surface area contributed by atoms with E-state index in [1.54, 1.807) is 0 Å². The summed E-state index contributed by atoms with van der Waals surface area (Å²) in [5.74, 6) is -0.0926. The van der Waals surface area contributed by atoms with E-state index in [0.717, 1.165) is 28.9 Å². The number of fused-ring (bicyclic) bond motifs is 3. The van der Waals surface area contributed by atoms with Gasteiger partial charge in [0.15, 0.2) is 0 Å². The molecule has 0 bridgehead atoms. The molecule has 1 unspecified atom stereocenters. The fraction of sp³-hybridized carbons (Fsp3) is 0.154. The second-order valence-corrected chi connectivity index (χ2v) is 7.88. The lowest BCUT2D eigenvalue weighted by atomic mass is 9.91. The number of nitrogens with zero attached hydrogens (tertiary/aromatic N) is 1. The second kappa shape index (κ2) is 7.76. The Morgan fingerprint density at radius 1 is 0.935 bits per heavy atom. The van der Waals surface area contributed by atoms with Gasteiger partial charge in [-0.25, -0.2) is 0 Å². The van der Waals surface area contributed by atoms with Gasteiger partial charge in [0.1, 0.15) is 0 Å². The number of benzene rings is 3. The molecule has 1 atom stereocenters. The van der Waals surface area contributed by atoms with Crippen LogP contribution in [0.25, 0.3) is 10.9 Å². The van der Waals surface area contributed by atoms with Gasteiger partial charge in [-0.3, -0.25) is 9.59 Å². The van der Waals surface area contributed by atoms with Gasteiger partial charge in [0, 0.05) is 41.3 Å². The van der Waals surface area contributed by atoms with Crippen molar-refractivity contribution in [2.75, 3.05) is 11.9 Å². The number of carbonyl (C=O) groups is 2. The average molecular weight is 409 g/mol. The topological polar surface area (TPSA) is 65.2 Å². The molecule has 5 rings (SSSR count). The normalized spacial score (nSPS) is 15.5. The first-order chi connectivity index (χ1) is 15.1. The number of amides is 2. The minimum absolute atomic E-state index is 0.0147. The van der Waals surface area contributed by atoms with Gasteiger partial charge < -0.3 is 15.2 Å². The Balaban J connectivity index is 1.62. The Bertz CT molecular complexity index is 1260. The fourth-order valence-electron chi connectivity index (χ4n) is 4.50. The van der Waals surface area contributed by atoms with Crippen LogP contribution in [-0.4, -0.2) is 28.2 Å². The van der Waals surface area contributed by atoms with Crippen molar-refractivity contribution < 1.29 is 9.59 Å². The van der Waals surface area contributed by atoms with Gasteiger partial charge in [-0.05, 0) is 47.9 Å². The summed E-state index contributed by atoms with van der Waals surface area (Å²) in [6.07, 6.45) is 0.804. The molecule has 0 spiro atoms. The maximum Gasteiger partial charge on any atom is 0.254 e. The van der Waals surface area contributed by atoms with Crippen molar-refractivity contribution in [1.29, 1.82) is 0 Å². The molecule has 154 valence electrons. The molecule has 3 aromatic carbocycles. The average Bonchev–Trinajstić information content (AvgIpc) is 3.17. The zero-order chi connectivity index (χ0) is 21.4. The molecule has 0 saturated heterocycles. The number of hydrogen-bond acceptors (Lipinski definition) is 2. The second-order valence-electron chi connectivity index (χ2n) is 7.88. The quantitative estimate of drug-likeness (QED) is 0.505. The lowest BCUT2D eigenvalue weighted by Gasteiger charge is -2.36. The molecule has 2 N–H and O–H groups in total. The number of carbonyl (C=O) groups excluding carboxylic acids is 2. The van der Waals surface area contributed by atoms with Crippen molar-refractivity contribution in [1.82, 2.24) is 9.88 Å². The third-order valence-corrected chi connectivity index (χ3v) is 5.86. The molecule has 1 aliphatic heterocycles. The minimum Gasteiger partial charge on any atom is -0.356 e. The summed E-state index contributed by atoms with van der Waals surface area (Å²) in [6.45, 7) is 2.13. The molecule has 1 aliphatic rings. The van der Waals surface area contributed by atoms with E-state index < -0.39 is 0 Å². The van der Waals surface area contributed by atoms with Gasteiger partial charge in [0.05, 0.1) is 6.04 Å². The third-order valence-electron chi connectivity index (χ3n) is 5.86. The third kappa shape index (κ3) is 3.48. The van der Waals surface area contributed by atoms with E-state index in [2.05, 4.69) is 28.5 Å². The standard InChI is InChI=1S/C26H23N3O2/c1-17(30)27-20-13-11-18(12-14-20)25-24-22(21-9-5-6-10-23(21)28-24)15-16-29(25)26(31)19-7-3-2-4-8-19/h2-14,25,28H,15-16H2,1H3,(H,27,30). The van der Waals surface area contributed by atoms with Crippen LogP contribution in [0.4, 0.5) is 5.69 Å². The summed E-state index contributed by atoms with van der Waals surface area (Å²) < 4.78 is 0. The van der Waals surface area contributed by atoms with Gasteiger partial charge in [0.2, 0.25) is 5.91 Å². The Morgan fingerprint density at radius 3 is 2.39 bits per heavy atom. The summed E-state index contributed by atoms with van der Waals surface area (Å²) in [6, 6.07) is 25.2.